The van der Waals surface area contributed by atoms with Gasteiger partial charge in [0.05, 0.1) is 5.75 Å². The smallest absolute Gasteiger partial charge is 0.242 e. The molecule has 1 unspecified atom stereocenters. The Labute approximate surface area is 189 Å². The van der Waals surface area contributed by atoms with Crippen molar-refractivity contribution in [2.24, 2.45) is 0 Å². The summed E-state index contributed by atoms with van der Waals surface area (Å²) in [6, 6.07) is 15.1. The minimum absolute atomic E-state index is 0.0563. The molecule has 0 spiro atoms. The number of carbonyl (C=O) groups excluding carboxylic acids is 2. The molecule has 0 fully saturated rings. The highest BCUT2D eigenvalue weighted by molar-refractivity contribution is 7.99. The number of thioether (sulfide) groups is 1. The third-order valence-corrected chi connectivity index (χ3v) is 5.75. The molecular weight excluding hydrogens is 416 g/mol. The lowest BCUT2D eigenvalue weighted by molar-refractivity contribution is -0.139. The summed E-state index contributed by atoms with van der Waals surface area (Å²) in [5.41, 5.74) is 2.97. The van der Waals surface area contributed by atoms with Gasteiger partial charge in [0.2, 0.25) is 11.8 Å². The molecule has 30 heavy (non-hydrogen) atoms. The van der Waals surface area contributed by atoms with Gasteiger partial charge in [-0.1, -0.05) is 53.6 Å². The van der Waals surface area contributed by atoms with Crippen LogP contribution in [0.3, 0.4) is 0 Å². The molecule has 0 saturated heterocycles. The molecule has 0 bridgehead atoms. The van der Waals surface area contributed by atoms with Crippen LogP contribution in [0.5, 0.6) is 0 Å². The van der Waals surface area contributed by atoms with Gasteiger partial charge < -0.3 is 10.2 Å². The molecule has 2 rings (SSSR count). The van der Waals surface area contributed by atoms with Crippen LogP contribution in [-0.2, 0) is 21.9 Å². The number of amides is 2. The molecule has 1 N–H and O–H groups in total. The number of aryl methyl sites for hydroxylation is 1. The zero-order valence-corrected chi connectivity index (χ0v) is 19.9. The Balaban J connectivity index is 2.09. The first-order valence-corrected chi connectivity index (χ1v) is 11.6. The van der Waals surface area contributed by atoms with Crippen molar-refractivity contribution in [1.82, 2.24) is 10.2 Å². The van der Waals surface area contributed by atoms with E-state index >= 15 is 0 Å². The minimum atomic E-state index is -0.577. The summed E-state index contributed by atoms with van der Waals surface area (Å²) in [7, 11) is 0. The highest BCUT2D eigenvalue weighted by Crippen LogP contribution is 2.18. The molecule has 0 heterocycles. The summed E-state index contributed by atoms with van der Waals surface area (Å²) in [5.74, 6) is 0.854. The van der Waals surface area contributed by atoms with Crippen LogP contribution >= 0.6 is 23.4 Å². The second kappa shape index (κ2) is 10.9. The van der Waals surface area contributed by atoms with Crippen molar-refractivity contribution in [3.8, 4) is 0 Å². The van der Waals surface area contributed by atoms with Gasteiger partial charge in [0.1, 0.15) is 6.04 Å². The summed E-state index contributed by atoms with van der Waals surface area (Å²) in [6.07, 6.45) is 0. The van der Waals surface area contributed by atoms with Gasteiger partial charge >= 0.3 is 0 Å². The molecular formula is C24H31ClN2O2S. The third kappa shape index (κ3) is 8.04. The van der Waals surface area contributed by atoms with E-state index in [0.717, 1.165) is 11.3 Å². The Morgan fingerprint density at radius 1 is 1.10 bits per heavy atom. The summed E-state index contributed by atoms with van der Waals surface area (Å²) in [5, 5.41) is 3.62. The monoisotopic (exact) mass is 446 g/mol. The van der Waals surface area contributed by atoms with E-state index in [1.165, 1.54) is 11.1 Å². The number of rotatable bonds is 8. The zero-order chi connectivity index (χ0) is 22.3. The van der Waals surface area contributed by atoms with E-state index in [4.69, 9.17) is 11.6 Å². The summed E-state index contributed by atoms with van der Waals surface area (Å²) in [4.78, 5) is 27.5. The van der Waals surface area contributed by atoms with E-state index < -0.39 is 6.04 Å². The molecule has 1 atom stereocenters. The Morgan fingerprint density at radius 2 is 1.77 bits per heavy atom. The predicted molar refractivity (Wildman–Crippen MR) is 127 cm³/mol. The lowest BCUT2D eigenvalue weighted by Gasteiger charge is -2.31. The molecule has 2 aromatic rings. The molecule has 0 aliphatic carbocycles. The van der Waals surface area contributed by atoms with E-state index in [1.54, 1.807) is 35.7 Å². The summed E-state index contributed by atoms with van der Waals surface area (Å²) >= 11 is 7.55. The fourth-order valence-electron chi connectivity index (χ4n) is 2.98. The molecule has 0 aliphatic heterocycles. The van der Waals surface area contributed by atoms with Crippen LogP contribution in [0.2, 0.25) is 5.02 Å². The quantitative estimate of drug-likeness (QED) is 0.605. The maximum absolute atomic E-state index is 13.1. The van der Waals surface area contributed by atoms with E-state index in [-0.39, 0.29) is 17.4 Å². The molecule has 162 valence electrons. The summed E-state index contributed by atoms with van der Waals surface area (Å²) < 4.78 is 0. The second-order valence-electron chi connectivity index (χ2n) is 8.55. The number of halogens is 1. The van der Waals surface area contributed by atoms with Crippen LogP contribution in [-0.4, -0.2) is 34.0 Å². The SMILES string of the molecule is Cc1cccc(CSCC(=O)N(Cc2ccc(Cl)cc2)C(C)C(=O)NC(C)(C)C)c1. The average Bonchev–Trinajstić information content (AvgIpc) is 2.65. The topological polar surface area (TPSA) is 49.4 Å². The first kappa shape index (κ1) is 24.3. The van der Waals surface area contributed by atoms with Gasteiger partial charge in [0.15, 0.2) is 0 Å². The third-order valence-electron chi connectivity index (χ3n) is 4.51. The predicted octanol–water partition coefficient (Wildman–Crippen LogP) is 5.21. The molecule has 0 aliphatic rings. The Morgan fingerprint density at radius 3 is 2.37 bits per heavy atom. The maximum atomic E-state index is 13.1. The van der Waals surface area contributed by atoms with Crippen molar-refractivity contribution in [2.75, 3.05) is 5.75 Å². The van der Waals surface area contributed by atoms with Gasteiger partial charge in [-0.25, -0.2) is 0 Å². The van der Waals surface area contributed by atoms with E-state index in [9.17, 15) is 9.59 Å². The Hall–Kier alpha value is -1.98. The fourth-order valence-corrected chi connectivity index (χ4v) is 3.97. The van der Waals surface area contributed by atoms with Crippen molar-refractivity contribution < 1.29 is 9.59 Å². The highest BCUT2D eigenvalue weighted by Gasteiger charge is 2.28. The lowest BCUT2D eigenvalue weighted by atomic mass is 10.1. The van der Waals surface area contributed by atoms with Crippen molar-refractivity contribution >= 4 is 35.2 Å². The van der Waals surface area contributed by atoms with E-state index in [1.807, 2.05) is 39.0 Å². The van der Waals surface area contributed by atoms with Crippen LogP contribution in [0.4, 0.5) is 0 Å². The first-order chi connectivity index (χ1) is 14.0. The lowest BCUT2D eigenvalue weighted by Crippen LogP contribution is -2.52. The minimum Gasteiger partial charge on any atom is -0.350 e. The van der Waals surface area contributed by atoms with Gasteiger partial charge in [-0.3, -0.25) is 9.59 Å². The van der Waals surface area contributed by atoms with Gasteiger partial charge in [0, 0.05) is 22.9 Å². The molecule has 2 amide bonds. The number of benzene rings is 2. The Kier molecular flexibility index (Phi) is 8.80. The number of hydrogen-bond donors (Lipinski definition) is 1. The largest absolute Gasteiger partial charge is 0.350 e. The van der Waals surface area contributed by atoms with Crippen molar-refractivity contribution in [2.45, 2.75) is 58.5 Å². The summed E-state index contributed by atoms with van der Waals surface area (Å²) in [6.45, 7) is 9.99. The number of carbonyl (C=O) groups is 2. The van der Waals surface area contributed by atoms with Crippen LogP contribution in [0.15, 0.2) is 48.5 Å². The molecule has 2 aromatic carbocycles. The van der Waals surface area contributed by atoms with Crippen LogP contribution < -0.4 is 5.32 Å². The molecule has 4 nitrogen and oxygen atoms in total. The average molecular weight is 447 g/mol. The first-order valence-electron chi connectivity index (χ1n) is 10.0. The molecule has 0 aromatic heterocycles. The maximum Gasteiger partial charge on any atom is 0.242 e. The molecule has 0 saturated carbocycles. The number of nitrogens with one attached hydrogen (secondary N) is 1. The molecule has 6 heteroatoms. The van der Waals surface area contributed by atoms with Crippen molar-refractivity contribution in [3.05, 3.63) is 70.2 Å². The van der Waals surface area contributed by atoms with Crippen LogP contribution in [0, 0.1) is 6.92 Å². The van der Waals surface area contributed by atoms with Crippen LogP contribution in [0.25, 0.3) is 0 Å². The van der Waals surface area contributed by atoms with Crippen LogP contribution in [0.1, 0.15) is 44.4 Å². The van der Waals surface area contributed by atoms with Gasteiger partial charge in [-0.15, -0.1) is 11.8 Å². The number of nitrogens with zero attached hydrogens (tertiary/aromatic N) is 1. The van der Waals surface area contributed by atoms with Gasteiger partial charge in [-0.05, 0) is 57.9 Å². The van der Waals surface area contributed by atoms with Crippen molar-refractivity contribution in [3.63, 3.8) is 0 Å². The fraction of sp³-hybridized carbons (Fsp3) is 0.417. The normalized spacial score (nSPS) is 12.3. The molecule has 0 radical (unpaired) electrons. The second-order valence-corrected chi connectivity index (χ2v) is 9.97. The van der Waals surface area contributed by atoms with E-state index in [0.29, 0.717) is 17.3 Å². The standard InChI is InChI=1S/C24H31ClN2O2S/c1-17-7-6-8-20(13-17)15-30-16-22(28)27(14-19-9-11-21(25)12-10-19)18(2)23(29)26-24(3,4)5/h6-13,18H,14-16H2,1-5H3,(H,26,29). The van der Waals surface area contributed by atoms with Gasteiger partial charge in [0.25, 0.3) is 0 Å². The Bertz CT molecular complexity index is 862. The number of hydrogen-bond acceptors (Lipinski definition) is 3. The highest BCUT2D eigenvalue weighted by atomic mass is 35.5. The van der Waals surface area contributed by atoms with Crippen molar-refractivity contribution in [1.29, 1.82) is 0 Å². The van der Waals surface area contributed by atoms with Gasteiger partial charge in [-0.2, -0.15) is 0 Å². The zero-order valence-electron chi connectivity index (χ0n) is 18.4. The van der Waals surface area contributed by atoms with E-state index in [2.05, 4.69) is 30.4 Å².